The summed E-state index contributed by atoms with van der Waals surface area (Å²) in [5, 5.41) is 15.6. The van der Waals surface area contributed by atoms with Crippen molar-refractivity contribution in [1.29, 1.82) is 0 Å². The molecule has 1 atom stereocenters. The monoisotopic (exact) mass is 245 g/mol. The fourth-order valence-electron chi connectivity index (χ4n) is 1.72. The average molecular weight is 245 g/mol. The highest BCUT2D eigenvalue weighted by molar-refractivity contribution is 5.93. The molecule has 0 fully saturated rings. The van der Waals surface area contributed by atoms with Gasteiger partial charge in [0, 0.05) is 13.2 Å². The number of aromatic nitrogens is 2. The molecule has 0 saturated carbocycles. The number of rotatable bonds is 3. The Morgan fingerprint density at radius 3 is 2.61 bits per heavy atom. The maximum atomic E-state index is 12.1. The van der Waals surface area contributed by atoms with Crippen LogP contribution in [0.25, 0.3) is 0 Å². The summed E-state index contributed by atoms with van der Waals surface area (Å²) >= 11 is 0. The summed E-state index contributed by atoms with van der Waals surface area (Å²) in [4.78, 5) is 13.7. The zero-order valence-electron chi connectivity index (χ0n) is 10.3. The summed E-state index contributed by atoms with van der Waals surface area (Å²) in [6, 6.07) is 6.76. The number of nitrogens with one attached hydrogen (secondary N) is 1. The molecule has 0 aliphatic heterocycles. The molecule has 18 heavy (non-hydrogen) atoms. The van der Waals surface area contributed by atoms with Crippen LogP contribution in [0.4, 0.5) is 0 Å². The van der Waals surface area contributed by atoms with E-state index in [9.17, 15) is 9.90 Å². The van der Waals surface area contributed by atoms with Crippen LogP contribution in [0.2, 0.25) is 0 Å². The maximum Gasteiger partial charge on any atom is 0.257 e. The Kier molecular flexibility index (Phi) is 3.32. The minimum Gasteiger partial charge on any atom is -0.508 e. The highest BCUT2D eigenvalue weighted by atomic mass is 16.3. The number of benzene rings is 1. The highest BCUT2D eigenvalue weighted by Gasteiger charge is 2.19. The van der Waals surface area contributed by atoms with Gasteiger partial charge in [-0.2, -0.15) is 5.10 Å². The molecule has 5 nitrogen and oxygen atoms in total. The number of aromatic amines is 1. The lowest BCUT2D eigenvalue weighted by Gasteiger charge is -2.24. The van der Waals surface area contributed by atoms with Crippen molar-refractivity contribution in [3.8, 4) is 5.75 Å². The molecule has 0 bridgehead atoms. The van der Waals surface area contributed by atoms with E-state index in [1.165, 1.54) is 6.20 Å². The molecule has 5 heteroatoms. The van der Waals surface area contributed by atoms with Crippen LogP contribution >= 0.6 is 0 Å². The van der Waals surface area contributed by atoms with Gasteiger partial charge in [-0.15, -0.1) is 0 Å². The summed E-state index contributed by atoms with van der Waals surface area (Å²) in [5.74, 6) is 0.124. The first-order valence-corrected chi connectivity index (χ1v) is 5.64. The fraction of sp³-hybridized carbons (Fsp3) is 0.231. The Bertz CT molecular complexity index is 520. The molecular formula is C13H15N3O2. The fourth-order valence-corrected chi connectivity index (χ4v) is 1.72. The van der Waals surface area contributed by atoms with Gasteiger partial charge in [0.2, 0.25) is 0 Å². The zero-order chi connectivity index (χ0) is 13.1. The number of H-pyrrole nitrogens is 1. The van der Waals surface area contributed by atoms with E-state index >= 15 is 0 Å². The van der Waals surface area contributed by atoms with Crippen molar-refractivity contribution in [2.45, 2.75) is 13.0 Å². The summed E-state index contributed by atoms with van der Waals surface area (Å²) in [6.07, 6.45) is 3.07. The van der Waals surface area contributed by atoms with E-state index in [2.05, 4.69) is 10.2 Å². The quantitative estimate of drug-likeness (QED) is 0.868. The Labute approximate surface area is 105 Å². The topological polar surface area (TPSA) is 69.2 Å². The van der Waals surface area contributed by atoms with Gasteiger partial charge < -0.3 is 10.0 Å². The van der Waals surface area contributed by atoms with Crippen LogP contribution in [0.1, 0.15) is 28.9 Å². The van der Waals surface area contributed by atoms with Gasteiger partial charge in [-0.1, -0.05) is 12.1 Å². The Morgan fingerprint density at radius 1 is 1.39 bits per heavy atom. The first-order chi connectivity index (χ1) is 8.59. The van der Waals surface area contributed by atoms with Crippen molar-refractivity contribution in [3.63, 3.8) is 0 Å². The van der Waals surface area contributed by atoms with Gasteiger partial charge in [-0.3, -0.25) is 9.89 Å². The number of phenols is 1. The predicted molar refractivity (Wildman–Crippen MR) is 67.2 cm³/mol. The lowest BCUT2D eigenvalue weighted by atomic mass is 10.1. The number of nitrogens with zero attached hydrogens (tertiary/aromatic N) is 2. The minimum absolute atomic E-state index is 0.0759. The van der Waals surface area contributed by atoms with E-state index in [4.69, 9.17) is 0 Å². The van der Waals surface area contributed by atoms with E-state index in [1.54, 1.807) is 42.4 Å². The van der Waals surface area contributed by atoms with Crippen molar-refractivity contribution in [1.82, 2.24) is 15.1 Å². The van der Waals surface area contributed by atoms with Crippen LogP contribution in [0, 0.1) is 0 Å². The van der Waals surface area contributed by atoms with Crippen molar-refractivity contribution in [3.05, 3.63) is 47.8 Å². The second-order valence-corrected chi connectivity index (χ2v) is 4.17. The Morgan fingerprint density at radius 2 is 2.06 bits per heavy atom. The Hall–Kier alpha value is -2.30. The third-order valence-electron chi connectivity index (χ3n) is 3.02. The van der Waals surface area contributed by atoms with Crippen molar-refractivity contribution >= 4 is 5.91 Å². The highest BCUT2D eigenvalue weighted by Crippen LogP contribution is 2.22. The summed E-state index contributed by atoms with van der Waals surface area (Å²) in [7, 11) is 1.74. The molecule has 1 aromatic heterocycles. The van der Waals surface area contributed by atoms with E-state index in [1.807, 2.05) is 6.92 Å². The molecule has 94 valence electrons. The molecule has 2 N–H and O–H groups in total. The van der Waals surface area contributed by atoms with Crippen molar-refractivity contribution in [2.24, 2.45) is 0 Å². The summed E-state index contributed by atoms with van der Waals surface area (Å²) in [6.45, 7) is 1.93. The number of aromatic hydroxyl groups is 1. The molecule has 2 rings (SSSR count). The van der Waals surface area contributed by atoms with Crippen LogP contribution in [0.5, 0.6) is 5.75 Å². The minimum atomic E-state index is -0.0932. The largest absolute Gasteiger partial charge is 0.508 e. The van der Waals surface area contributed by atoms with Crippen LogP contribution < -0.4 is 0 Å². The van der Waals surface area contributed by atoms with E-state index in [0.717, 1.165) is 5.56 Å². The molecule has 2 aromatic rings. The van der Waals surface area contributed by atoms with Crippen LogP contribution in [0.3, 0.4) is 0 Å². The van der Waals surface area contributed by atoms with Gasteiger partial charge in [0.05, 0.1) is 17.8 Å². The van der Waals surface area contributed by atoms with Crippen molar-refractivity contribution < 1.29 is 9.90 Å². The predicted octanol–water partition coefficient (Wildman–Crippen LogP) is 1.95. The van der Waals surface area contributed by atoms with E-state index < -0.39 is 0 Å². The molecule has 0 saturated heterocycles. The second kappa shape index (κ2) is 4.91. The standard InChI is InChI=1S/C13H15N3O2/c1-9(10-3-5-12(17)6-4-10)16(2)13(18)11-7-14-15-8-11/h3-9,17H,1-2H3,(H,14,15). The lowest BCUT2D eigenvalue weighted by Crippen LogP contribution is -2.29. The zero-order valence-corrected chi connectivity index (χ0v) is 10.3. The number of amides is 1. The van der Waals surface area contributed by atoms with Gasteiger partial charge in [0.25, 0.3) is 5.91 Å². The summed E-state index contributed by atoms with van der Waals surface area (Å²) in [5.41, 5.74) is 1.50. The normalized spacial score (nSPS) is 12.1. The molecule has 1 heterocycles. The maximum absolute atomic E-state index is 12.1. The molecule has 1 aromatic carbocycles. The van der Waals surface area contributed by atoms with Crippen LogP contribution in [-0.2, 0) is 0 Å². The molecule has 0 radical (unpaired) electrons. The molecule has 0 aliphatic carbocycles. The lowest BCUT2D eigenvalue weighted by molar-refractivity contribution is 0.0742. The summed E-state index contributed by atoms with van der Waals surface area (Å²) < 4.78 is 0. The first kappa shape index (κ1) is 12.2. The smallest absolute Gasteiger partial charge is 0.257 e. The second-order valence-electron chi connectivity index (χ2n) is 4.17. The van der Waals surface area contributed by atoms with E-state index in [0.29, 0.717) is 5.56 Å². The Balaban J connectivity index is 2.16. The molecular weight excluding hydrogens is 230 g/mol. The van der Waals surface area contributed by atoms with Crippen LogP contribution in [0.15, 0.2) is 36.7 Å². The SMILES string of the molecule is CC(c1ccc(O)cc1)N(C)C(=O)c1cn[nH]c1. The van der Waals surface area contributed by atoms with E-state index in [-0.39, 0.29) is 17.7 Å². The van der Waals surface area contributed by atoms with Gasteiger partial charge in [-0.05, 0) is 24.6 Å². The molecule has 0 spiro atoms. The number of carbonyl (C=O) groups is 1. The molecule has 1 unspecified atom stereocenters. The van der Waals surface area contributed by atoms with Gasteiger partial charge in [-0.25, -0.2) is 0 Å². The van der Waals surface area contributed by atoms with Gasteiger partial charge in [0.15, 0.2) is 0 Å². The van der Waals surface area contributed by atoms with Crippen LogP contribution in [-0.4, -0.2) is 33.2 Å². The van der Waals surface area contributed by atoms with Crippen molar-refractivity contribution in [2.75, 3.05) is 7.05 Å². The van der Waals surface area contributed by atoms with Gasteiger partial charge >= 0.3 is 0 Å². The number of hydrogen-bond acceptors (Lipinski definition) is 3. The molecule has 0 aliphatic rings. The first-order valence-electron chi connectivity index (χ1n) is 5.64. The third-order valence-corrected chi connectivity index (χ3v) is 3.02. The number of carbonyl (C=O) groups excluding carboxylic acids is 1. The van der Waals surface area contributed by atoms with Gasteiger partial charge in [0.1, 0.15) is 5.75 Å². The number of phenolic OH excluding ortho intramolecular Hbond substituents is 1. The molecule has 1 amide bonds. The third kappa shape index (κ3) is 2.34. The average Bonchev–Trinajstić information content (AvgIpc) is 2.91. The number of hydrogen-bond donors (Lipinski definition) is 2.